The van der Waals surface area contributed by atoms with E-state index in [4.69, 9.17) is 4.43 Å². The Morgan fingerprint density at radius 2 is 2.07 bits per heavy atom. The highest BCUT2D eigenvalue weighted by Crippen LogP contribution is 2.36. The summed E-state index contributed by atoms with van der Waals surface area (Å²) in [5.41, 5.74) is 0. The molecule has 0 saturated heterocycles. The molecule has 15 heavy (non-hydrogen) atoms. The van der Waals surface area contributed by atoms with E-state index >= 15 is 0 Å². The van der Waals surface area contributed by atoms with Crippen LogP contribution in [0.5, 0.6) is 0 Å². The van der Waals surface area contributed by atoms with Gasteiger partial charge >= 0.3 is 0 Å². The first-order chi connectivity index (χ1) is 6.83. The van der Waals surface area contributed by atoms with Gasteiger partial charge in [-0.25, -0.2) is 4.98 Å². The van der Waals surface area contributed by atoms with Gasteiger partial charge in [-0.05, 0) is 18.1 Å². The molecule has 0 unspecified atom stereocenters. The Balaban J connectivity index is 2.37. The average Bonchev–Trinajstić information content (AvgIpc) is 2.54. The molecule has 0 atom stereocenters. The zero-order chi connectivity index (χ0) is 11.5. The van der Waals surface area contributed by atoms with E-state index in [9.17, 15) is 0 Å². The standard InChI is InChI=1S/C11H22N2OSi/c1-11(2,3)15(4,5)14-9-6-10-12-7-8-13-10/h7-8H,6,9H2,1-5H3,(H,12,13). The molecule has 0 spiro atoms. The lowest BCUT2D eigenvalue weighted by molar-refractivity contribution is 0.289. The van der Waals surface area contributed by atoms with Gasteiger partial charge in [0, 0.05) is 25.4 Å². The van der Waals surface area contributed by atoms with E-state index in [1.165, 1.54) is 0 Å². The zero-order valence-corrected chi connectivity index (χ0v) is 11.4. The van der Waals surface area contributed by atoms with Gasteiger partial charge in [-0.3, -0.25) is 0 Å². The van der Waals surface area contributed by atoms with Crippen LogP contribution in [0.4, 0.5) is 0 Å². The summed E-state index contributed by atoms with van der Waals surface area (Å²) in [6.07, 6.45) is 4.50. The van der Waals surface area contributed by atoms with Crippen molar-refractivity contribution >= 4 is 8.32 Å². The van der Waals surface area contributed by atoms with Crippen molar-refractivity contribution in [3.8, 4) is 0 Å². The van der Waals surface area contributed by atoms with Gasteiger partial charge in [0.25, 0.3) is 0 Å². The summed E-state index contributed by atoms with van der Waals surface area (Å²) in [5, 5.41) is 0.288. The maximum absolute atomic E-state index is 6.05. The number of rotatable bonds is 4. The van der Waals surface area contributed by atoms with Crippen molar-refractivity contribution in [2.24, 2.45) is 0 Å². The van der Waals surface area contributed by atoms with Crippen LogP contribution in [-0.2, 0) is 10.8 Å². The van der Waals surface area contributed by atoms with Gasteiger partial charge in [0.15, 0.2) is 8.32 Å². The van der Waals surface area contributed by atoms with E-state index < -0.39 is 8.32 Å². The number of H-pyrrole nitrogens is 1. The summed E-state index contributed by atoms with van der Waals surface area (Å²) in [6.45, 7) is 12.1. The minimum absolute atomic E-state index is 0.288. The van der Waals surface area contributed by atoms with Crippen molar-refractivity contribution in [2.45, 2.75) is 45.3 Å². The predicted molar refractivity (Wildman–Crippen MR) is 65.4 cm³/mol. The molecule has 0 aromatic carbocycles. The molecule has 86 valence electrons. The lowest BCUT2D eigenvalue weighted by Gasteiger charge is -2.36. The van der Waals surface area contributed by atoms with E-state index in [1.54, 1.807) is 6.20 Å². The third-order valence-electron chi connectivity index (χ3n) is 3.16. The van der Waals surface area contributed by atoms with E-state index in [2.05, 4.69) is 43.8 Å². The monoisotopic (exact) mass is 226 g/mol. The summed E-state index contributed by atoms with van der Waals surface area (Å²) >= 11 is 0. The molecule has 0 aliphatic carbocycles. The molecule has 1 heterocycles. The molecular formula is C11H22N2OSi. The number of nitrogens with one attached hydrogen (secondary N) is 1. The second-order valence-corrected chi connectivity index (χ2v) is 10.2. The normalized spacial score (nSPS) is 13.1. The van der Waals surface area contributed by atoms with Crippen LogP contribution in [-0.4, -0.2) is 24.9 Å². The van der Waals surface area contributed by atoms with Crippen LogP contribution < -0.4 is 0 Å². The largest absolute Gasteiger partial charge is 0.416 e. The van der Waals surface area contributed by atoms with Crippen LogP contribution in [0.15, 0.2) is 12.4 Å². The van der Waals surface area contributed by atoms with E-state index in [0.29, 0.717) is 0 Å². The third-order valence-corrected chi connectivity index (χ3v) is 7.70. The SMILES string of the molecule is CC(C)(C)[Si](C)(C)OCCc1ncc[nH]1. The van der Waals surface area contributed by atoms with Gasteiger partial charge in [-0.15, -0.1) is 0 Å². The highest BCUT2D eigenvalue weighted by atomic mass is 28.4. The van der Waals surface area contributed by atoms with Crippen molar-refractivity contribution in [2.75, 3.05) is 6.61 Å². The number of hydrogen-bond acceptors (Lipinski definition) is 2. The maximum Gasteiger partial charge on any atom is 0.191 e. The molecule has 0 aliphatic heterocycles. The third kappa shape index (κ3) is 3.46. The van der Waals surface area contributed by atoms with Crippen LogP contribution >= 0.6 is 0 Å². The van der Waals surface area contributed by atoms with Crippen molar-refractivity contribution in [1.82, 2.24) is 9.97 Å². The van der Waals surface area contributed by atoms with Gasteiger partial charge in [0.05, 0.1) is 0 Å². The van der Waals surface area contributed by atoms with Crippen LogP contribution in [0.1, 0.15) is 26.6 Å². The fourth-order valence-electron chi connectivity index (χ4n) is 1.05. The molecule has 1 aromatic heterocycles. The molecule has 0 radical (unpaired) electrons. The number of imidazole rings is 1. The first kappa shape index (κ1) is 12.5. The Bertz CT molecular complexity index is 288. The summed E-state index contributed by atoms with van der Waals surface area (Å²) < 4.78 is 6.05. The molecule has 0 aliphatic rings. The van der Waals surface area contributed by atoms with E-state index in [1.807, 2.05) is 6.20 Å². The molecular weight excluding hydrogens is 204 g/mol. The average molecular weight is 226 g/mol. The minimum atomic E-state index is -1.58. The Hall–Kier alpha value is -0.613. The Kier molecular flexibility index (Phi) is 3.73. The fourth-order valence-corrected chi connectivity index (χ4v) is 2.10. The Labute approximate surface area is 93.4 Å². The second-order valence-electron chi connectivity index (χ2n) is 5.39. The Morgan fingerprint density at radius 3 is 2.53 bits per heavy atom. The summed E-state index contributed by atoms with van der Waals surface area (Å²) in [6, 6.07) is 0. The van der Waals surface area contributed by atoms with Crippen LogP contribution in [0.25, 0.3) is 0 Å². The molecule has 1 aromatic rings. The van der Waals surface area contributed by atoms with Crippen molar-refractivity contribution in [1.29, 1.82) is 0 Å². The lowest BCUT2D eigenvalue weighted by atomic mass is 10.2. The molecule has 0 fully saturated rings. The topological polar surface area (TPSA) is 37.9 Å². The van der Waals surface area contributed by atoms with Crippen molar-refractivity contribution in [3.63, 3.8) is 0 Å². The number of nitrogens with zero attached hydrogens (tertiary/aromatic N) is 1. The smallest absolute Gasteiger partial charge is 0.191 e. The number of aromatic amines is 1. The van der Waals surface area contributed by atoms with Crippen LogP contribution in [0.2, 0.25) is 18.1 Å². The van der Waals surface area contributed by atoms with Crippen molar-refractivity contribution < 1.29 is 4.43 Å². The zero-order valence-electron chi connectivity index (χ0n) is 10.4. The molecule has 0 bridgehead atoms. The summed E-state index contributed by atoms with van der Waals surface area (Å²) in [4.78, 5) is 7.26. The highest BCUT2D eigenvalue weighted by Gasteiger charge is 2.36. The second kappa shape index (κ2) is 4.49. The first-order valence-electron chi connectivity index (χ1n) is 5.45. The van der Waals surface area contributed by atoms with E-state index in [0.717, 1.165) is 18.9 Å². The Morgan fingerprint density at radius 1 is 1.40 bits per heavy atom. The highest BCUT2D eigenvalue weighted by molar-refractivity contribution is 6.74. The van der Waals surface area contributed by atoms with Crippen LogP contribution in [0.3, 0.4) is 0 Å². The quantitative estimate of drug-likeness (QED) is 0.802. The molecule has 1 N–H and O–H groups in total. The van der Waals surface area contributed by atoms with Crippen LogP contribution in [0, 0.1) is 0 Å². The summed E-state index contributed by atoms with van der Waals surface area (Å²) in [5.74, 6) is 1.01. The van der Waals surface area contributed by atoms with E-state index in [-0.39, 0.29) is 5.04 Å². The maximum atomic E-state index is 6.05. The first-order valence-corrected chi connectivity index (χ1v) is 8.36. The van der Waals surface area contributed by atoms with Gasteiger partial charge in [-0.1, -0.05) is 20.8 Å². The number of hydrogen-bond donors (Lipinski definition) is 1. The molecule has 4 heteroatoms. The molecule has 0 saturated carbocycles. The van der Waals surface area contributed by atoms with Crippen molar-refractivity contribution in [3.05, 3.63) is 18.2 Å². The minimum Gasteiger partial charge on any atom is -0.416 e. The lowest BCUT2D eigenvalue weighted by Crippen LogP contribution is -2.41. The number of aromatic nitrogens is 2. The van der Waals surface area contributed by atoms with Gasteiger partial charge in [0.1, 0.15) is 5.82 Å². The van der Waals surface area contributed by atoms with Gasteiger partial charge < -0.3 is 9.41 Å². The predicted octanol–water partition coefficient (Wildman–Crippen LogP) is 2.97. The van der Waals surface area contributed by atoms with Gasteiger partial charge in [0.2, 0.25) is 0 Å². The molecule has 0 amide bonds. The molecule has 1 rings (SSSR count). The van der Waals surface area contributed by atoms with Gasteiger partial charge in [-0.2, -0.15) is 0 Å². The molecule has 3 nitrogen and oxygen atoms in total. The summed E-state index contributed by atoms with van der Waals surface area (Å²) in [7, 11) is -1.58. The fraction of sp³-hybridized carbons (Fsp3) is 0.727.